The average Bonchev–Trinajstić information content (AvgIpc) is 3.16. The van der Waals surface area contributed by atoms with Gasteiger partial charge in [0, 0.05) is 24.0 Å². The molecule has 1 saturated heterocycles. The standard InChI is InChI=1S/C22H18Cl3N3O3S2/c1-2-11-28-19-17(24)7-8-18(25)20(19)32-22(28)26-21(29)14-9-12-27(13-10-14)33(30,31)16-5-3-15(23)4-6-16/h1,3-8,14H,9-13H2. The van der Waals surface area contributed by atoms with Crippen LogP contribution in [-0.4, -0.2) is 36.3 Å². The first-order valence-corrected chi connectivity index (χ1v) is 13.4. The quantitative estimate of drug-likeness (QED) is 0.444. The minimum Gasteiger partial charge on any atom is -0.303 e. The van der Waals surface area contributed by atoms with Gasteiger partial charge in [-0.25, -0.2) is 8.42 Å². The minimum atomic E-state index is -3.65. The Bertz CT molecular complexity index is 1430. The van der Waals surface area contributed by atoms with Crippen LogP contribution in [0, 0.1) is 18.3 Å². The second-order valence-electron chi connectivity index (χ2n) is 7.46. The van der Waals surface area contributed by atoms with Crippen molar-refractivity contribution in [2.75, 3.05) is 13.1 Å². The number of rotatable bonds is 4. The first-order chi connectivity index (χ1) is 15.7. The number of benzene rings is 2. The van der Waals surface area contributed by atoms with E-state index in [0.29, 0.717) is 42.9 Å². The topological polar surface area (TPSA) is 71.7 Å². The van der Waals surface area contributed by atoms with Gasteiger partial charge in [0.15, 0.2) is 4.80 Å². The molecule has 2 heterocycles. The molecular formula is C22H18Cl3N3O3S2. The van der Waals surface area contributed by atoms with Crippen molar-refractivity contribution in [3.63, 3.8) is 0 Å². The van der Waals surface area contributed by atoms with Gasteiger partial charge in [-0.05, 0) is 49.2 Å². The van der Waals surface area contributed by atoms with Crippen LogP contribution in [0.2, 0.25) is 15.1 Å². The molecule has 1 aromatic heterocycles. The number of aromatic nitrogens is 1. The number of halogens is 3. The Morgan fingerprint density at radius 3 is 2.36 bits per heavy atom. The summed E-state index contributed by atoms with van der Waals surface area (Å²) in [5.41, 5.74) is 0.641. The number of piperidine rings is 1. The molecule has 0 aliphatic carbocycles. The van der Waals surface area contributed by atoms with E-state index < -0.39 is 15.9 Å². The molecule has 0 unspecified atom stereocenters. The molecule has 33 heavy (non-hydrogen) atoms. The molecule has 0 radical (unpaired) electrons. The number of sulfonamides is 1. The maximum atomic E-state index is 13.0. The van der Waals surface area contributed by atoms with Crippen molar-refractivity contribution in [3.05, 3.63) is 56.3 Å². The number of terminal acetylenes is 1. The summed E-state index contributed by atoms with van der Waals surface area (Å²) in [6.07, 6.45) is 6.26. The highest BCUT2D eigenvalue weighted by molar-refractivity contribution is 7.89. The van der Waals surface area contributed by atoms with Gasteiger partial charge in [0.2, 0.25) is 10.0 Å². The van der Waals surface area contributed by atoms with Crippen molar-refractivity contribution in [2.45, 2.75) is 24.3 Å². The molecule has 0 spiro atoms. The summed E-state index contributed by atoms with van der Waals surface area (Å²) in [5, 5.41) is 1.43. The summed E-state index contributed by atoms with van der Waals surface area (Å²) < 4.78 is 29.5. The van der Waals surface area contributed by atoms with Crippen LogP contribution >= 0.6 is 46.1 Å². The fourth-order valence-corrected chi connectivity index (χ4v) is 6.96. The molecule has 11 heteroatoms. The molecule has 172 valence electrons. The van der Waals surface area contributed by atoms with Gasteiger partial charge in [0.25, 0.3) is 5.91 Å². The maximum Gasteiger partial charge on any atom is 0.251 e. The van der Waals surface area contributed by atoms with Crippen LogP contribution in [0.15, 0.2) is 46.3 Å². The van der Waals surface area contributed by atoms with E-state index in [4.69, 9.17) is 41.2 Å². The monoisotopic (exact) mass is 541 g/mol. The second kappa shape index (κ2) is 9.79. The van der Waals surface area contributed by atoms with Crippen molar-refractivity contribution < 1.29 is 13.2 Å². The first-order valence-electron chi connectivity index (χ1n) is 9.97. The number of nitrogens with zero attached hydrogens (tertiary/aromatic N) is 3. The van der Waals surface area contributed by atoms with E-state index in [9.17, 15) is 13.2 Å². The van der Waals surface area contributed by atoms with E-state index in [1.165, 1.54) is 27.8 Å². The van der Waals surface area contributed by atoms with Gasteiger partial charge in [0.05, 0.1) is 31.7 Å². The van der Waals surface area contributed by atoms with Crippen LogP contribution in [0.1, 0.15) is 12.8 Å². The lowest BCUT2D eigenvalue weighted by molar-refractivity contribution is -0.122. The SMILES string of the molecule is C#CCn1c(=NC(=O)C2CCN(S(=O)(=O)c3ccc(Cl)cc3)CC2)sc2c(Cl)ccc(Cl)c21. The average molecular weight is 543 g/mol. The fraction of sp³-hybridized carbons (Fsp3) is 0.273. The Kier molecular flexibility index (Phi) is 7.20. The summed E-state index contributed by atoms with van der Waals surface area (Å²) in [5.74, 6) is 1.85. The highest BCUT2D eigenvalue weighted by Gasteiger charge is 2.32. The van der Waals surface area contributed by atoms with Crippen molar-refractivity contribution in [1.29, 1.82) is 0 Å². The van der Waals surface area contributed by atoms with E-state index in [-0.39, 0.29) is 30.4 Å². The molecule has 3 aromatic rings. The summed E-state index contributed by atoms with van der Waals surface area (Å²) in [4.78, 5) is 17.9. The zero-order chi connectivity index (χ0) is 23.8. The predicted molar refractivity (Wildman–Crippen MR) is 132 cm³/mol. The number of hydrogen-bond acceptors (Lipinski definition) is 4. The largest absolute Gasteiger partial charge is 0.303 e. The number of amides is 1. The smallest absolute Gasteiger partial charge is 0.251 e. The zero-order valence-electron chi connectivity index (χ0n) is 17.2. The van der Waals surface area contributed by atoms with Crippen LogP contribution < -0.4 is 4.80 Å². The Morgan fingerprint density at radius 1 is 1.09 bits per heavy atom. The third-order valence-corrected chi connectivity index (χ3v) is 9.45. The molecular weight excluding hydrogens is 525 g/mol. The van der Waals surface area contributed by atoms with Gasteiger partial charge < -0.3 is 4.57 Å². The number of hydrogen-bond donors (Lipinski definition) is 0. The van der Waals surface area contributed by atoms with Crippen molar-refractivity contribution in [3.8, 4) is 12.3 Å². The molecule has 1 amide bonds. The predicted octanol–water partition coefficient (Wildman–Crippen LogP) is 4.82. The van der Waals surface area contributed by atoms with Crippen LogP contribution in [0.5, 0.6) is 0 Å². The summed E-state index contributed by atoms with van der Waals surface area (Å²) in [7, 11) is -3.65. The molecule has 1 aliphatic heterocycles. The van der Waals surface area contributed by atoms with E-state index in [0.717, 1.165) is 0 Å². The third kappa shape index (κ3) is 4.85. The zero-order valence-corrected chi connectivity index (χ0v) is 21.1. The molecule has 0 bridgehead atoms. The first kappa shape index (κ1) is 24.3. The summed E-state index contributed by atoms with van der Waals surface area (Å²) >= 11 is 19.8. The third-order valence-electron chi connectivity index (χ3n) is 5.44. The van der Waals surface area contributed by atoms with Gasteiger partial charge >= 0.3 is 0 Å². The summed E-state index contributed by atoms with van der Waals surface area (Å²) in [6.45, 7) is 0.639. The lowest BCUT2D eigenvalue weighted by atomic mass is 9.98. The van der Waals surface area contributed by atoms with Gasteiger partial charge in [-0.2, -0.15) is 9.30 Å². The van der Waals surface area contributed by atoms with Gasteiger partial charge in [-0.3, -0.25) is 4.79 Å². The number of fused-ring (bicyclic) bond motifs is 1. The molecule has 1 fully saturated rings. The minimum absolute atomic E-state index is 0.177. The van der Waals surface area contributed by atoms with Crippen LogP contribution in [0.4, 0.5) is 0 Å². The van der Waals surface area contributed by atoms with Crippen molar-refractivity contribution in [1.82, 2.24) is 8.87 Å². The van der Waals surface area contributed by atoms with Gasteiger partial charge in [-0.1, -0.05) is 52.1 Å². The van der Waals surface area contributed by atoms with E-state index >= 15 is 0 Å². The van der Waals surface area contributed by atoms with Crippen LogP contribution in [0.25, 0.3) is 10.2 Å². The molecule has 6 nitrogen and oxygen atoms in total. The Labute approximate surface area is 210 Å². The van der Waals surface area contributed by atoms with Gasteiger partial charge in [0.1, 0.15) is 0 Å². The van der Waals surface area contributed by atoms with Crippen molar-refractivity contribution in [2.24, 2.45) is 10.9 Å². The molecule has 0 N–H and O–H groups in total. The lowest BCUT2D eigenvalue weighted by Crippen LogP contribution is -2.40. The number of thiazole rings is 1. The van der Waals surface area contributed by atoms with E-state index in [2.05, 4.69) is 10.9 Å². The number of carbonyl (C=O) groups is 1. The van der Waals surface area contributed by atoms with Crippen LogP contribution in [0.3, 0.4) is 0 Å². The Balaban J connectivity index is 1.56. The van der Waals surface area contributed by atoms with E-state index in [1.807, 2.05) is 0 Å². The van der Waals surface area contributed by atoms with Gasteiger partial charge in [-0.15, -0.1) is 6.42 Å². The Morgan fingerprint density at radius 2 is 1.73 bits per heavy atom. The fourth-order valence-electron chi connectivity index (χ4n) is 3.72. The van der Waals surface area contributed by atoms with Crippen LogP contribution in [-0.2, 0) is 21.4 Å². The lowest BCUT2D eigenvalue weighted by Gasteiger charge is -2.29. The number of carbonyl (C=O) groups excluding carboxylic acids is 1. The second-order valence-corrected chi connectivity index (χ2v) is 11.6. The normalized spacial score (nSPS) is 16.2. The molecule has 0 saturated carbocycles. The molecule has 4 rings (SSSR count). The van der Waals surface area contributed by atoms with E-state index in [1.54, 1.807) is 28.8 Å². The molecule has 0 atom stereocenters. The van der Waals surface area contributed by atoms with Crippen molar-refractivity contribution >= 4 is 72.3 Å². The highest BCUT2D eigenvalue weighted by Crippen LogP contribution is 2.32. The maximum absolute atomic E-state index is 13.0. The Hall–Kier alpha value is -1.86. The molecule has 1 aliphatic rings. The highest BCUT2D eigenvalue weighted by atomic mass is 35.5. The molecule has 2 aromatic carbocycles. The summed E-state index contributed by atoms with van der Waals surface area (Å²) in [6, 6.07) is 9.40.